The number of rotatable bonds is 2. The molecule has 0 aliphatic heterocycles. The van der Waals surface area contributed by atoms with Gasteiger partial charge in [0.05, 0.1) is 0 Å². The van der Waals surface area contributed by atoms with Crippen molar-refractivity contribution in [1.82, 2.24) is 0 Å². The Balaban J connectivity index is 0.000000217. The van der Waals surface area contributed by atoms with Gasteiger partial charge in [-0.2, -0.15) is 6.08 Å². The van der Waals surface area contributed by atoms with Gasteiger partial charge in [0.1, 0.15) is 0 Å². The van der Waals surface area contributed by atoms with Crippen LogP contribution in [0, 0.1) is 12.0 Å². The Morgan fingerprint density at radius 1 is 0.672 bits per heavy atom. The molecule has 1 unspecified atom stereocenters. The minimum atomic E-state index is -4.49. The van der Waals surface area contributed by atoms with Crippen molar-refractivity contribution in [1.29, 1.82) is 0 Å². The smallest absolute Gasteiger partial charge is 1.00 e. The van der Waals surface area contributed by atoms with Crippen molar-refractivity contribution in [2.45, 2.75) is 91.4 Å². The molecule has 5 aromatic rings. The van der Waals surface area contributed by atoms with Crippen LogP contribution in [0.15, 0.2) is 109 Å². The van der Waals surface area contributed by atoms with E-state index in [0.29, 0.717) is 9.12 Å². The van der Waals surface area contributed by atoms with Crippen LogP contribution >= 0.6 is 0 Å². The SMILES string of the molecule is CC1=CC(C)[C-]=C1.CC1=CCC(C)(C)c2cc3[cH-]c4cc5c(cc4c3cc21)C(C)=CCC5(C)C.FC(F)(F)c1cccc([C](=[Zr+2])c2cccc(C(F)(F)F)c2)c1.[Cl-].[Cl-]. The fraction of sp³-hybridized carbons (Fsp3) is 0.306. The van der Waals surface area contributed by atoms with Gasteiger partial charge in [-0.3, -0.25) is 6.08 Å². The molecule has 0 bridgehead atoms. The molecule has 3 aliphatic carbocycles. The molecular formula is C49H46Cl2F6Zr-2. The molecule has 304 valence electrons. The molecular weight excluding hydrogens is 865 g/mol. The molecule has 0 heterocycles. The summed E-state index contributed by atoms with van der Waals surface area (Å²) in [5.41, 5.74) is 9.42. The van der Waals surface area contributed by atoms with E-state index in [2.05, 4.69) is 110 Å². The zero-order valence-corrected chi connectivity index (χ0v) is 37.8. The van der Waals surface area contributed by atoms with Crippen molar-refractivity contribution in [2.75, 3.05) is 0 Å². The zero-order chi connectivity index (χ0) is 41.0. The Labute approximate surface area is 365 Å². The van der Waals surface area contributed by atoms with Gasteiger partial charge in [-0.15, -0.1) is 46.7 Å². The molecule has 0 fully saturated rings. The number of alkyl halides is 6. The zero-order valence-electron chi connectivity index (χ0n) is 33.8. The van der Waals surface area contributed by atoms with Gasteiger partial charge in [0.15, 0.2) is 0 Å². The van der Waals surface area contributed by atoms with E-state index in [0.717, 1.165) is 61.3 Å². The van der Waals surface area contributed by atoms with Crippen LogP contribution in [0.4, 0.5) is 26.3 Å². The Kier molecular flexibility index (Phi) is 14.4. The van der Waals surface area contributed by atoms with Gasteiger partial charge < -0.3 is 24.8 Å². The Hall–Kier alpha value is -3.38. The van der Waals surface area contributed by atoms with Crippen LogP contribution < -0.4 is 24.8 Å². The molecule has 0 nitrogen and oxygen atoms in total. The first-order valence-electron chi connectivity index (χ1n) is 18.8. The molecule has 0 saturated heterocycles. The average Bonchev–Trinajstić information content (AvgIpc) is 3.70. The average molecular weight is 911 g/mol. The summed E-state index contributed by atoms with van der Waals surface area (Å²) >= 11 is 0.729. The van der Waals surface area contributed by atoms with E-state index < -0.39 is 23.5 Å². The number of benzene rings is 4. The predicted molar refractivity (Wildman–Crippen MR) is 216 cm³/mol. The van der Waals surface area contributed by atoms with E-state index in [9.17, 15) is 26.3 Å². The fourth-order valence-corrected chi connectivity index (χ4v) is 8.52. The number of hydrogen-bond donors (Lipinski definition) is 0. The van der Waals surface area contributed by atoms with Crippen LogP contribution in [-0.2, 0) is 47.4 Å². The normalized spacial score (nSPS) is 17.5. The number of allylic oxidation sites excluding steroid dienone is 8. The van der Waals surface area contributed by atoms with E-state index >= 15 is 0 Å². The first-order chi connectivity index (χ1) is 26.0. The quantitative estimate of drug-likeness (QED) is 0.123. The van der Waals surface area contributed by atoms with Crippen molar-refractivity contribution in [2.24, 2.45) is 5.92 Å². The van der Waals surface area contributed by atoms with E-state index in [1.54, 1.807) is 0 Å². The number of fused-ring (bicyclic) bond motifs is 5. The second-order valence-electron chi connectivity index (χ2n) is 16.6. The summed E-state index contributed by atoms with van der Waals surface area (Å²) in [7, 11) is 0. The molecule has 0 radical (unpaired) electrons. The molecule has 8 rings (SSSR count). The first-order valence-corrected chi connectivity index (χ1v) is 20.1. The van der Waals surface area contributed by atoms with Crippen LogP contribution in [0.5, 0.6) is 0 Å². The second-order valence-corrected chi connectivity index (χ2v) is 17.8. The van der Waals surface area contributed by atoms with Crippen molar-refractivity contribution >= 4 is 35.9 Å². The molecule has 9 heteroatoms. The largest absolute Gasteiger partial charge is 1.00 e. The monoisotopic (exact) mass is 908 g/mol. The van der Waals surface area contributed by atoms with Crippen LogP contribution in [0.3, 0.4) is 0 Å². The van der Waals surface area contributed by atoms with Crippen molar-refractivity contribution in [3.8, 4) is 0 Å². The van der Waals surface area contributed by atoms with Crippen molar-refractivity contribution in [3.05, 3.63) is 159 Å². The summed E-state index contributed by atoms with van der Waals surface area (Å²) in [6.07, 6.45) is 5.49. The molecule has 0 spiro atoms. The maximum Gasteiger partial charge on any atom is -1.00 e. The third kappa shape index (κ3) is 10.1. The van der Waals surface area contributed by atoms with Crippen molar-refractivity contribution in [3.63, 3.8) is 0 Å². The van der Waals surface area contributed by atoms with E-state index in [-0.39, 0.29) is 46.8 Å². The minimum Gasteiger partial charge on any atom is -1.00 e. The van der Waals surface area contributed by atoms with E-state index in [1.807, 2.05) is 6.08 Å². The van der Waals surface area contributed by atoms with Gasteiger partial charge >= 0.3 is 137 Å². The van der Waals surface area contributed by atoms with Crippen LogP contribution in [0.2, 0.25) is 0 Å². The molecule has 1 atom stereocenters. The van der Waals surface area contributed by atoms with Gasteiger partial charge in [0.2, 0.25) is 0 Å². The Morgan fingerprint density at radius 3 is 1.41 bits per heavy atom. The molecule has 0 aromatic heterocycles. The predicted octanol–water partition coefficient (Wildman–Crippen LogP) is 8.67. The fourth-order valence-electron chi connectivity index (χ4n) is 7.76. The second kappa shape index (κ2) is 17.7. The van der Waals surface area contributed by atoms with Gasteiger partial charge in [-0.25, -0.2) is 11.6 Å². The maximum absolute atomic E-state index is 12.7. The molecule has 5 aromatic carbocycles. The standard InChI is InChI=1S/C27H29.C15H8F6.C7H9.2ClH.Zr/c1-16-7-9-26(3,4)24-12-18-11-19-13-25-21(17(2)8-10-27(25,5)6)15-23(19)22(18)14-20(16)24;16-14(17,18)12-5-1-3-10(8-12)7-11-4-2-6-13(9-11)15(19,20)21;1-6-3-4-7(2)5-6;;;/h7-8,11-15H,9-10H2,1-6H3;1-6,8-9H;3,5,7H,1-2H3;2*1H;/q-1;;-1;;;+2/p-2. The molecule has 3 aliphatic rings. The minimum absolute atomic E-state index is 0. The topological polar surface area (TPSA) is 0 Å². The molecule has 0 N–H and O–H groups in total. The maximum atomic E-state index is 12.7. The van der Waals surface area contributed by atoms with Gasteiger partial charge in [0.25, 0.3) is 0 Å². The number of halogens is 8. The summed E-state index contributed by atoms with van der Waals surface area (Å²) in [5, 5.41) is 5.61. The van der Waals surface area contributed by atoms with Crippen LogP contribution in [0.1, 0.15) is 113 Å². The van der Waals surface area contributed by atoms with E-state index in [4.69, 9.17) is 0 Å². The van der Waals surface area contributed by atoms with Crippen molar-refractivity contribution < 1.29 is 75.4 Å². The Bertz CT molecular complexity index is 2320. The van der Waals surface area contributed by atoms with Gasteiger partial charge in [-0.05, 0) is 59.8 Å². The molecule has 58 heavy (non-hydrogen) atoms. The summed E-state index contributed by atoms with van der Waals surface area (Å²) in [6, 6.07) is 21.4. The van der Waals surface area contributed by atoms with Gasteiger partial charge in [-0.1, -0.05) is 75.9 Å². The van der Waals surface area contributed by atoms with Crippen LogP contribution in [0.25, 0.3) is 32.7 Å². The molecule has 0 saturated carbocycles. The third-order valence-corrected chi connectivity index (χ3v) is 12.6. The summed E-state index contributed by atoms with van der Waals surface area (Å²) < 4.78 is 76.7. The van der Waals surface area contributed by atoms with Gasteiger partial charge in [0, 0.05) is 0 Å². The first kappa shape index (κ1) is 47.3. The number of hydrogen-bond acceptors (Lipinski definition) is 0. The Morgan fingerprint density at radius 2 is 1.09 bits per heavy atom. The summed E-state index contributed by atoms with van der Waals surface area (Å²) in [5.74, 6) is 0.556. The summed E-state index contributed by atoms with van der Waals surface area (Å²) in [4.78, 5) is 0. The third-order valence-electron chi connectivity index (χ3n) is 11.2. The van der Waals surface area contributed by atoms with Crippen LogP contribution in [-0.4, -0.2) is 3.21 Å². The molecule has 0 amide bonds. The summed E-state index contributed by atoms with van der Waals surface area (Å²) in [6.45, 7) is 18.3. The van der Waals surface area contributed by atoms with E-state index in [1.165, 1.54) is 84.8 Å².